The fourth-order valence-electron chi connectivity index (χ4n) is 2.41. The van der Waals surface area contributed by atoms with Crippen LogP contribution < -0.4 is 5.32 Å². The minimum Gasteiger partial charge on any atom is -0.386 e. The molecule has 1 saturated heterocycles. The zero-order valence-corrected chi connectivity index (χ0v) is 11.8. The van der Waals surface area contributed by atoms with Crippen molar-refractivity contribution >= 4 is 11.3 Å². The summed E-state index contributed by atoms with van der Waals surface area (Å²) in [6, 6.07) is 3.98. The van der Waals surface area contributed by atoms with E-state index >= 15 is 0 Å². The van der Waals surface area contributed by atoms with Crippen LogP contribution in [0.4, 0.5) is 0 Å². The Bertz CT molecular complexity index is 310. The molecule has 0 aromatic carbocycles. The summed E-state index contributed by atoms with van der Waals surface area (Å²) in [7, 11) is 0. The van der Waals surface area contributed by atoms with Gasteiger partial charge in [-0.2, -0.15) is 0 Å². The summed E-state index contributed by atoms with van der Waals surface area (Å²) in [5, 5.41) is 15.2. The van der Waals surface area contributed by atoms with Gasteiger partial charge in [0.15, 0.2) is 0 Å². The fourth-order valence-corrected chi connectivity index (χ4v) is 3.12. The van der Waals surface area contributed by atoms with Crippen LogP contribution in [0.1, 0.15) is 36.7 Å². The van der Waals surface area contributed by atoms with E-state index in [0.29, 0.717) is 6.54 Å². The van der Waals surface area contributed by atoms with Gasteiger partial charge in [-0.1, -0.05) is 6.07 Å². The smallest absolute Gasteiger partial charge is 0.101 e. The number of thiophene rings is 1. The van der Waals surface area contributed by atoms with E-state index in [-0.39, 0.29) is 6.10 Å². The SMILES string of the molecule is OC(CNCCCCN1CCCC1)c1cccs1. The third-order valence-corrected chi connectivity index (χ3v) is 4.46. The summed E-state index contributed by atoms with van der Waals surface area (Å²) in [5.41, 5.74) is 0. The second-order valence-corrected chi connectivity index (χ2v) is 5.97. The van der Waals surface area contributed by atoms with Crippen LogP contribution in [-0.4, -0.2) is 42.7 Å². The third-order valence-electron chi connectivity index (χ3n) is 3.49. The second-order valence-electron chi connectivity index (χ2n) is 4.99. The molecule has 0 aliphatic carbocycles. The summed E-state index contributed by atoms with van der Waals surface area (Å²) in [5.74, 6) is 0. The summed E-state index contributed by atoms with van der Waals surface area (Å²) < 4.78 is 0. The Labute approximate surface area is 114 Å². The first-order valence-corrected chi connectivity index (χ1v) is 7.89. The Kier molecular flexibility index (Phi) is 6.14. The van der Waals surface area contributed by atoms with Crippen molar-refractivity contribution < 1.29 is 5.11 Å². The van der Waals surface area contributed by atoms with Gasteiger partial charge in [0.25, 0.3) is 0 Å². The lowest BCUT2D eigenvalue weighted by molar-refractivity contribution is 0.178. The van der Waals surface area contributed by atoms with Gasteiger partial charge in [-0.25, -0.2) is 0 Å². The number of hydrogen-bond donors (Lipinski definition) is 2. The topological polar surface area (TPSA) is 35.5 Å². The van der Waals surface area contributed by atoms with E-state index in [9.17, 15) is 5.11 Å². The Hall–Kier alpha value is -0.420. The summed E-state index contributed by atoms with van der Waals surface area (Å²) >= 11 is 1.62. The van der Waals surface area contributed by atoms with Crippen LogP contribution in [-0.2, 0) is 0 Å². The van der Waals surface area contributed by atoms with E-state index in [1.54, 1.807) is 11.3 Å². The lowest BCUT2D eigenvalue weighted by atomic mass is 10.2. The quantitative estimate of drug-likeness (QED) is 0.710. The van der Waals surface area contributed by atoms with Crippen LogP contribution >= 0.6 is 11.3 Å². The molecule has 2 heterocycles. The number of aliphatic hydroxyl groups excluding tert-OH is 1. The highest BCUT2D eigenvalue weighted by atomic mass is 32.1. The summed E-state index contributed by atoms with van der Waals surface area (Å²) in [6.45, 7) is 5.52. The van der Waals surface area contributed by atoms with Crippen molar-refractivity contribution in [3.63, 3.8) is 0 Å². The van der Waals surface area contributed by atoms with Crippen LogP contribution in [0.5, 0.6) is 0 Å². The first-order chi connectivity index (χ1) is 8.86. The maximum atomic E-state index is 9.88. The second kappa shape index (κ2) is 7.89. The lowest BCUT2D eigenvalue weighted by Crippen LogP contribution is -2.24. The highest BCUT2D eigenvalue weighted by Gasteiger charge is 2.10. The molecule has 2 N–H and O–H groups in total. The predicted molar refractivity (Wildman–Crippen MR) is 77.1 cm³/mol. The standard InChI is InChI=1S/C14H24N2OS/c17-13(14-6-5-11-18-14)12-15-7-1-2-8-16-9-3-4-10-16/h5-6,11,13,15,17H,1-4,7-10,12H2. The highest BCUT2D eigenvalue weighted by molar-refractivity contribution is 7.10. The monoisotopic (exact) mass is 268 g/mol. The summed E-state index contributed by atoms with van der Waals surface area (Å²) in [6.07, 6.45) is 4.88. The van der Waals surface area contributed by atoms with Crippen LogP contribution in [0.25, 0.3) is 0 Å². The molecule has 0 spiro atoms. The number of nitrogens with one attached hydrogen (secondary N) is 1. The molecule has 1 aliphatic heterocycles. The van der Waals surface area contributed by atoms with E-state index < -0.39 is 0 Å². The molecule has 2 rings (SSSR count). The first kappa shape index (κ1) is 14.0. The average Bonchev–Trinajstić information content (AvgIpc) is 3.05. The van der Waals surface area contributed by atoms with Gasteiger partial charge < -0.3 is 15.3 Å². The number of unbranched alkanes of at least 4 members (excludes halogenated alkanes) is 1. The molecule has 1 atom stereocenters. The maximum absolute atomic E-state index is 9.88. The largest absolute Gasteiger partial charge is 0.386 e. The number of hydrogen-bond acceptors (Lipinski definition) is 4. The van der Waals surface area contributed by atoms with Crippen LogP contribution in [0.15, 0.2) is 17.5 Å². The van der Waals surface area contributed by atoms with Gasteiger partial charge in [-0.3, -0.25) is 0 Å². The van der Waals surface area contributed by atoms with Crippen molar-refractivity contribution in [1.29, 1.82) is 0 Å². The van der Waals surface area contributed by atoms with Gasteiger partial charge in [0, 0.05) is 11.4 Å². The van der Waals surface area contributed by atoms with Crippen LogP contribution in [0.3, 0.4) is 0 Å². The lowest BCUT2D eigenvalue weighted by Gasteiger charge is -2.14. The molecule has 0 saturated carbocycles. The molecule has 1 fully saturated rings. The van der Waals surface area contributed by atoms with Crippen LogP contribution in [0.2, 0.25) is 0 Å². The Morgan fingerprint density at radius 1 is 1.33 bits per heavy atom. The molecule has 1 aliphatic rings. The number of rotatable bonds is 8. The Morgan fingerprint density at radius 2 is 2.17 bits per heavy atom. The van der Waals surface area contributed by atoms with Crippen molar-refractivity contribution in [3.05, 3.63) is 22.4 Å². The van der Waals surface area contributed by atoms with Crippen LogP contribution in [0, 0.1) is 0 Å². The number of aliphatic hydroxyl groups is 1. The molecule has 0 amide bonds. The molecule has 18 heavy (non-hydrogen) atoms. The molecule has 0 radical (unpaired) electrons. The number of nitrogens with zero attached hydrogens (tertiary/aromatic N) is 1. The van der Waals surface area contributed by atoms with Gasteiger partial charge in [0.2, 0.25) is 0 Å². The first-order valence-electron chi connectivity index (χ1n) is 7.01. The normalized spacial score (nSPS) is 18.3. The Balaban J connectivity index is 1.46. The van der Waals surface area contributed by atoms with E-state index in [4.69, 9.17) is 0 Å². The highest BCUT2D eigenvalue weighted by Crippen LogP contribution is 2.17. The minimum absolute atomic E-state index is 0.344. The van der Waals surface area contributed by atoms with E-state index in [2.05, 4.69) is 10.2 Å². The molecular formula is C14H24N2OS. The van der Waals surface area contributed by atoms with Gasteiger partial charge >= 0.3 is 0 Å². The van der Waals surface area contributed by atoms with E-state index in [1.165, 1.54) is 45.3 Å². The molecule has 3 nitrogen and oxygen atoms in total. The predicted octanol–water partition coefficient (Wildman–Crippen LogP) is 2.25. The minimum atomic E-state index is -0.344. The van der Waals surface area contributed by atoms with Crippen molar-refractivity contribution in [2.75, 3.05) is 32.7 Å². The zero-order chi connectivity index (χ0) is 12.6. The average molecular weight is 268 g/mol. The van der Waals surface area contributed by atoms with Crippen molar-refractivity contribution in [1.82, 2.24) is 10.2 Å². The van der Waals surface area contributed by atoms with Gasteiger partial charge in [0.1, 0.15) is 6.10 Å². The summed E-state index contributed by atoms with van der Waals surface area (Å²) in [4.78, 5) is 3.61. The number of likely N-dealkylation sites (tertiary alicyclic amines) is 1. The van der Waals surface area contributed by atoms with Gasteiger partial charge in [-0.15, -0.1) is 11.3 Å². The molecule has 4 heteroatoms. The van der Waals surface area contributed by atoms with E-state index in [0.717, 1.165) is 11.4 Å². The maximum Gasteiger partial charge on any atom is 0.101 e. The molecule has 102 valence electrons. The van der Waals surface area contributed by atoms with E-state index in [1.807, 2.05) is 17.5 Å². The fraction of sp³-hybridized carbons (Fsp3) is 0.714. The molecule has 0 bridgehead atoms. The molecular weight excluding hydrogens is 244 g/mol. The van der Waals surface area contributed by atoms with Crippen molar-refractivity contribution in [2.45, 2.75) is 31.8 Å². The molecule has 1 aromatic rings. The van der Waals surface area contributed by atoms with Crippen molar-refractivity contribution in [3.8, 4) is 0 Å². The zero-order valence-electron chi connectivity index (χ0n) is 11.0. The van der Waals surface area contributed by atoms with Gasteiger partial charge in [0.05, 0.1) is 0 Å². The Morgan fingerprint density at radius 3 is 2.89 bits per heavy atom. The van der Waals surface area contributed by atoms with Gasteiger partial charge in [-0.05, 0) is 63.3 Å². The molecule has 1 unspecified atom stereocenters. The third kappa shape index (κ3) is 4.69. The van der Waals surface area contributed by atoms with Crippen molar-refractivity contribution in [2.24, 2.45) is 0 Å². The molecule has 1 aromatic heterocycles.